The molecule has 9 nitrogen and oxygen atoms in total. The second-order valence-electron chi connectivity index (χ2n) is 5.47. The molecule has 0 aliphatic heterocycles. The molecule has 1 atom stereocenters. The van der Waals surface area contributed by atoms with Gasteiger partial charge in [-0.25, -0.2) is 29.0 Å². The highest BCUT2D eigenvalue weighted by Crippen LogP contribution is 2.12. The van der Waals surface area contributed by atoms with Crippen molar-refractivity contribution in [3.8, 4) is 0 Å². The SMILES string of the molecule is C=C(C)C(=O)OOC(=O)c1ccccc1C(=O)OCC.C=CC(=O)OCC(C)O. The van der Waals surface area contributed by atoms with Crippen molar-refractivity contribution >= 4 is 23.9 Å². The van der Waals surface area contributed by atoms with E-state index in [9.17, 15) is 19.2 Å². The van der Waals surface area contributed by atoms with Crippen LogP contribution in [-0.4, -0.2) is 48.3 Å². The molecule has 1 rings (SSSR count). The Morgan fingerprint density at radius 2 is 1.62 bits per heavy atom. The van der Waals surface area contributed by atoms with Gasteiger partial charge in [-0.05, 0) is 32.9 Å². The van der Waals surface area contributed by atoms with E-state index in [4.69, 9.17) is 9.84 Å². The average Bonchev–Trinajstić information content (AvgIpc) is 2.70. The van der Waals surface area contributed by atoms with E-state index in [1.54, 1.807) is 19.1 Å². The van der Waals surface area contributed by atoms with Crippen molar-refractivity contribution in [3.63, 3.8) is 0 Å². The molecule has 0 amide bonds. The van der Waals surface area contributed by atoms with Crippen LogP contribution in [0.1, 0.15) is 41.5 Å². The number of hydrogen-bond donors (Lipinski definition) is 1. The van der Waals surface area contributed by atoms with Gasteiger partial charge in [0.2, 0.25) is 0 Å². The fraction of sp³-hybridized carbons (Fsp3) is 0.300. The number of aliphatic hydroxyl groups is 1. The van der Waals surface area contributed by atoms with Crippen LogP contribution in [-0.2, 0) is 28.8 Å². The zero-order valence-corrected chi connectivity index (χ0v) is 16.5. The van der Waals surface area contributed by atoms with Crippen LogP contribution < -0.4 is 0 Å². The molecule has 1 aromatic rings. The normalized spacial score (nSPS) is 10.3. The predicted octanol–water partition coefficient (Wildman–Crippen LogP) is 2.15. The summed E-state index contributed by atoms with van der Waals surface area (Å²) in [5.41, 5.74) is 0.0580. The molecule has 0 spiro atoms. The average molecular weight is 408 g/mol. The third kappa shape index (κ3) is 10.5. The van der Waals surface area contributed by atoms with Crippen LogP contribution in [0.3, 0.4) is 0 Å². The van der Waals surface area contributed by atoms with E-state index in [0.717, 1.165) is 6.08 Å². The van der Waals surface area contributed by atoms with Crippen molar-refractivity contribution in [1.29, 1.82) is 0 Å². The van der Waals surface area contributed by atoms with Gasteiger partial charge in [0, 0.05) is 11.6 Å². The van der Waals surface area contributed by atoms with Crippen LogP contribution in [0.25, 0.3) is 0 Å². The Kier molecular flexibility index (Phi) is 12.0. The summed E-state index contributed by atoms with van der Waals surface area (Å²) in [5.74, 6) is -3.00. The summed E-state index contributed by atoms with van der Waals surface area (Å²) in [6, 6.07) is 5.89. The molecule has 0 aromatic heterocycles. The van der Waals surface area contributed by atoms with Gasteiger partial charge in [0.15, 0.2) is 0 Å². The van der Waals surface area contributed by atoms with E-state index in [2.05, 4.69) is 27.7 Å². The Morgan fingerprint density at radius 1 is 1.07 bits per heavy atom. The molecular formula is C20H24O9. The lowest BCUT2D eigenvalue weighted by Gasteiger charge is -2.07. The lowest BCUT2D eigenvalue weighted by molar-refractivity contribution is -0.229. The molecule has 1 aromatic carbocycles. The Labute approximate surface area is 168 Å². The number of ether oxygens (including phenoxy) is 2. The molecule has 0 bridgehead atoms. The molecular weight excluding hydrogens is 384 g/mol. The molecule has 0 aliphatic rings. The van der Waals surface area contributed by atoms with Crippen LogP contribution in [0.4, 0.5) is 0 Å². The van der Waals surface area contributed by atoms with Gasteiger partial charge < -0.3 is 14.6 Å². The highest BCUT2D eigenvalue weighted by atomic mass is 17.2. The summed E-state index contributed by atoms with van der Waals surface area (Å²) >= 11 is 0. The molecule has 1 N–H and O–H groups in total. The van der Waals surface area contributed by atoms with Gasteiger partial charge in [-0.2, -0.15) is 0 Å². The third-order valence-electron chi connectivity index (χ3n) is 2.82. The Balaban J connectivity index is 0.000000734. The van der Waals surface area contributed by atoms with E-state index < -0.39 is 30.0 Å². The van der Waals surface area contributed by atoms with Gasteiger partial charge in [0.1, 0.15) is 6.61 Å². The zero-order valence-electron chi connectivity index (χ0n) is 16.5. The maximum atomic E-state index is 11.8. The fourth-order valence-electron chi connectivity index (χ4n) is 1.50. The van der Waals surface area contributed by atoms with Crippen LogP contribution in [0.5, 0.6) is 0 Å². The summed E-state index contributed by atoms with van der Waals surface area (Å²) in [5, 5.41) is 8.59. The lowest BCUT2D eigenvalue weighted by Crippen LogP contribution is -2.16. The monoisotopic (exact) mass is 408 g/mol. The van der Waals surface area contributed by atoms with Crippen molar-refractivity contribution < 1.29 is 43.5 Å². The molecule has 158 valence electrons. The summed E-state index contributed by atoms with van der Waals surface area (Å²) in [7, 11) is 0. The molecule has 0 aliphatic carbocycles. The van der Waals surface area contributed by atoms with Gasteiger partial charge in [-0.15, -0.1) is 0 Å². The van der Waals surface area contributed by atoms with Crippen molar-refractivity contribution in [3.05, 3.63) is 60.2 Å². The highest BCUT2D eigenvalue weighted by molar-refractivity contribution is 6.03. The van der Waals surface area contributed by atoms with Crippen molar-refractivity contribution in [2.75, 3.05) is 13.2 Å². The standard InChI is InChI=1S/C14H14O6.C6H10O3/c1-4-18-13(16)10-7-5-6-8-11(10)14(17)20-19-12(15)9(2)3;1-3-6(8)9-4-5(2)7/h5-8H,2,4H2,1,3H3;3,5,7H,1,4H2,2H3. The maximum Gasteiger partial charge on any atom is 0.387 e. The number of benzene rings is 1. The number of rotatable bonds is 7. The number of esters is 2. The van der Waals surface area contributed by atoms with E-state index in [-0.39, 0.29) is 29.9 Å². The van der Waals surface area contributed by atoms with Crippen LogP contribution in [0, 0.1) is 0 Å². The Bertz CT molecular complexity index is 750. The second kappa shape index (κ2) is 13.7. The topological polar surface area (TPSA) is 125 Å². The summed E-state index contributed by atoms with van der Waals surface area (Å²) in [6.45, 7) is 11.3. The number of hydrogen-bond acceptors (Lipinski definition) is 9. The van der Waals surface area contributed by atoms with Gasteiger partial charge in [-0.3, -0.25) is 0 Å². The minimum absolute atomic E-state index is 0.0326. The molecule has 0 radical (unpaired) electrons. The van der Waals surface area contributed by atoms with Crippen LogP contribution in [0.2, 0.25) is 0 Å². The first-order valence-electron chi connectivity index (χ1n) is 8.46. The predicted molar refractivity (Wildman–Crippen MR) is 102 cm³/mol. The smallest absolute Gasteiger partial charge is 0.387 e. The molecule has 29 heavy (non-hydrogen) atoms. The van der Waals surface area contributed by atoms with E-state index in [1.807, 2.05) is 0 Å². The van der Waals surface area contributed by atoms with Crippen molar-refractivity contribution in [1.82, 2.24) is 0 Å². The maximum absolute atomic E-state index is 11.8. The van der Waals surface area contributed by atoms with Gasteiger partial charge in [0.05, 0.1) is 23.8 Å². The zero-order chi connectivity index (χ0) is 22.4. The van der Waals surface area contributed by atoms with Crippen molar-refractivity contribution in [2.24, 2.45) is 0 Å². The molecule has 0 saturated heterocycles. The summed E-state index contributed by atoms with van der Waals surface area (Å²) in [4.78, 5) is 53.4. The largest absolute Gasteiger partial charge is 0.462 e. The van der Waals surface area contributed by atoms with Gasteiger partial charge in [-0.1, -0.05) is 25.3 Å². The molecule has 1 unspecified atom stereocenters. The van der Waals surface area contributed by atoms with E-state index in [0.29, 0.717) is 0 Å². The van der Waals surface area contributed by atoms with Crippen LogP contribution >= 0.6 is 0 Å². The second-order valence-corrected chi connectivity index (χ2v) is 5.47. The van der Waals surface area contributed by atoms with Gasteiger partial charge >= 0.3 is 23.9 Å². The third-order valence-corrected chi connectivity index (χ3v) is 2.82. The Morgan fingerprint density at radius 3 is 2.07 bits per heavy atom. The van der Waals surface area contributed by atoms with Crippen LogP contribution in [0.15, 0.2) is 49.1 Å². The quantitative estimate of drug-likeness (QED) is 0.312. The molecule has 0 saturated carbocycles. The highest BCUT2D eigenvalue weighted by Gasteiger charge is 2.20. The van der Waals surface area contributed by atoms with E-state index >= 15 is 0 Å². The number of aliphatic hydroxyl groups excluding tert-OH is 1. The first kappa shape index (κ1) is 25.5. The fourth-order valence-corrected chi connectivity index (χ4v) is 1.50. The van der Waals surface area contributed by atoms with Gasteiger partial charge in [0.25, 0.3) is 0 Å². The first-order valence-corrected chi connectivity index (χ1v) is 8.46. The number of carbonyl (C=O) groups is 4. The minimum atomic E-state index is -0.969. The molecule has 0 fully saturated rings. The summed E-state index contributed by atoms with van der Waals surface area (Å²) < 4.78 is 9.26. The molecule has 9 heteroatoms. The van der Waals surface area contributed by atoms with Crippen molar-refractivity contribution in [2.45, 2.75) is 26.9 Å². The lowest BCUT2D eigenvalue weighted by atomic mass is 10.1. The Hall–Kier alpha value is -3.46. The summed E-state index contributed by atoms with van der Waals surface area (Å²) in [6.07, 6.45) is 0.455. The van der Waals surface area contributed by atoms with E-state index in [1.165, 1.54) is 26.0 Å². The minimum Gasteiger partial charge on any atom is -0.462 e. The molecule has 0 heterocycles. The number of carbonyl (C=O) groups excluding carboxylic acids is 4. The first-order chi connectivity index (χ1) is 13.6.